The minimum Gasteiger partial charge on any atom is -0.465 e. The number of nitrogens with zero attached hydrogens (tertiary/aromatic N) is 3. The summed E-state index contributed by atoms with van der Waals surface area (Å²) >= 11 is 0. The zero-order valence-corrected chi connectivity index (χ0v) is 14.4. The molecule has 0 aliphatic carbocycles. The number of benzene rings is 1. The molecule has 1 heterocycles. The van der Waals surface area contributed by atoms with Crippen LogP contribution in [0, 0.1) is 40.1 Å². The molecule has 0 N–H and O–H groups in total. The molecule has 142 valence electrons. The molecule has 2 rings (SSSR count). The normalized spacial score (nSPS) is 12.9. The molecule has 0 bridgehead atoms. The number of rotatable bonds is 3. The Bertz CT molecular complexity index is 1050. The summed E-state index contributed by atoms with van der Waals surface area (Å²) in [6.07, 6.45) is 4.66. The quantitative estimate of drug-likeness (QED) is 0.577. The molecule has 0 spiro atoms. The Morgan fingerprint density at radius 1 is 0.929 bits per heavy atom. The van der Waals surface area contributed by atoms with Gasteiger partial charge in [-0.2, -0.15) is 10.5 Å². The van der Waals surface area contributed by atoms with E-state index in [1.807, 2.05) is 0 Å². The number of methoxy groups -OCH3 is 2. The maximum absolute atomic E-state index is 14.9. The number of nitriles is 2. The van der Waals surface area contributed by atoms with Crippen molar-refractivity contribution >= 4 is 17.6 Å². The van der Waals surface area contributed by atoms with Gasteiger partial charge in [0.2, 0.25) is 0 Å². The van der Waals surface area contributed by atoms with E-state index in [1.54, 1.807) is 0 Å². The lowest BCUT2D eigenvalue weighted by Gasteiger charge is -2.25. The van der Waals surface area contributed by atoms with Gasteiger partial charge >= 0.3 is 11.9 Å². The first-order valence-corrected chi connectivity index (χ1v) is 7.39. The van der Waals surface area contributed by atoms with Gasteiger partial charge in [0.05, 0.1) is 19.8 Å². The molecule has 0 amide bonds. The van der Waals surface area contributed by atoms with Crippen molar-refractivity contribution in [3.05, 3.63) is 64.3 Å². The fourth-order valence-corrected chi connectivity index (χ4v) is 2.41. The van der Waals surface area contributed by atoms with Crippen molar-refractivity contribution in [2.45, 2.75) is 0 Å². The van der Waals surface area contributed by atoms with Gasteiger partial charge in [0.1, 0.15) is 34.6 Å². The second-order valence-corrected chi connectivity index (χ2v) is 5.08. The van der Waals surface area contributed by atoms with E-state index in [0.717, 1.165) is 32.6 Å². The van der Waals surface area contributed by atoms with Gasteiger partial charge in [-0.3, -0.25) is 0 Å². The third-order valence-electron chi connectivity index (χ3n) is 3.65. The number of hydrogen-bond donors (Lipinski definition) is 0. The molecule has 1 aromatic carbocycles. The summed E-state index contributed by atoms with van der Waals surface area (Å²) in [6.45, 7) is 0. The number of carbonyl (C=O) groups is 2. The smallest absolute Gasteiger partial charge is 0.355 e. The number of esters is 2. The Labute approximate surface area is 156 Å². The average molecular weight is 389 g/mol. The summed E-state index contributed by atoms with van der Waals surface area (Å²) in [5.74, 6) is -7.43. The molecular weight excluding hydrogens is 379 g/mol. The van der Waals surface area contributed by atoms with E-state index >= 15 is 0 Å². The van der Waals surface area contributed by atoms with Gasteiger partial charge in [-0.25, -0.2) is 22.8 Å². The molecule has 1 aliphatic rings. The minimum atomic E-state index is -1.85. The van der Waals surface area contributed by atoms with Crippen LogP contribution in [0.25, 0.3) is 0 Å². The maximum Gasteiger partial charge on any atom is 0.355 e. The Morgan fingerprint density at radius 3 is 2.04 bits per heavy atom. The van der Waals surface area contributed by atoms with Gasteiger partial charge < -0.3 is 14.4 Å². The first kappa shape index (κ1) is 20.3. The van der Waals surface area contributed by atoms with Gasteiger partial charge in [0.15, 0.2) is 17.5 Å². The van der Waals surface area contributed by atoms with Crippen LogP contribution in [-0.4, -0.2) is 26.2 Å². The Balaban J connectivity index is 2.99. The monoisotopic (exact) mass is 389 g/mol. The molecular formula is C18H10F3N3O4. The Morgan fingerprint density at radius 2 is 1.50 bits per heavy atom. The number of anilines is 1. The van der Waals surface area contributed by atoms with Gasteiger partial charge in [-0.15, -0.1) is 0 Å². The number of allylic oxidation sites excluding steroid dienone is 2. The first-order chi connectivity index (χ1) is 13.3. The SMILES string of the molecule is COC(=O)C1=C(C(=O)OC)N(c2c(F)c(C#N)c(F)c(F)c2C#N)C=CC=C1. The van der Waals surface area contributed by atoms with Crippen LogP contribution >= 0.6 is 0 Å². The molecule has 7 nitrogen and oxygen atoms in total. The van der Waals surface area contributed by atoms with Crippen molar-refractivity contribution in [2.75, 3.05) is 19.1 Å². The van der Waals surface area contributed by atoms with Crippen molar-refractivity contribution in [3.63, 3.8) is 0 Å². The highest BCUT2D eigenvalue weighted by molar-refractivity contribution is 6.05. The summed E-state index contributed by atoms with van der Waals surface area (Å²) in [6, 6.07) is 2.46. The lowest BCUT2D eigenvalue weighted by molar-refractivity contribution is -0.139. The molecule has 10 heteroatoms. The van der Waals surface area contributed by atoms with E-state index in [1.165, 1.54) is 18.2 Å². The molecule has 0 radical (unpaired) electrons. The summed E-state index contributed by atoms with van der Waals surface area (Å²) in [5, 5.41) is 18.2. The van der Waals surface area contributed by atoms with Gasteiger partial charge in [0.25, 0.3) is 0 Å². The zero-order valence-electron chi connectivity index (χ0n) is 14.4. The van der Waals surface area contributed by atoms with Crippen LogP contribution in [0.15, 0.2) is 35.7 Å². The Kier molecular flexibility index (Phi) is 5.86. The van der Waals surface area contributed by atoms with E-state index in [2.05, 4.69) is 9.47 Å². The largest absolute Gasteiger partial charge is 0.465 e. The average Bonchev–Trinajstić information content (AvgIpc) is 2.92. The molecule has 1 aliphatic heterocycles. The third-order valence-corrected chi connectivity index (χ3v) is 3.65. The van der Waals surface area contributed by atoms with E-state index in [9.17, 15) is 28.0 Å². The highest BCUT2D eigenvalue weighted by Crippen LogP contribution is 2.35. The van der Waals surface area contributed by atoms with Crippen LogP contribution in [0.1, 0.15) is 11.1 Å². The van der Waals surface area contributed by atoms with Crippen LogP contribution < -0.4 is 4.90 Å². The highest BCUT2D eigenvalue weighted by atomic mass is 19.2. The molecule has 0 unspecified atom stereocenters. The standard InChI is InChI=1S/C18H10F3N3O4/c1-27-17(25)9-5-3-4-6-24(16(9)18(26)28-2)15-11(8-23)13(20)12(19)10(7-22)14(15)21/h3-6H,1-2H3. The molecule has 0 aromatic heterocycles. The third kappa shape index (κ3) is 3.19. The van der Waals surface area contributed by atoms with Gasteiger partial charge in [-0.1, -0.05) is 6.08 Å². The van der Waals surface area contributed by atoms with Crippen LogP contribution in [0.3, 0.4) is 0 Å². The van der Waals surface area contributed by atoms with E-state index in [-0.39, 0.29) is 0 Å². The second-order valence-electron chi connectivity index (χ2n) is 5.08. The molecule has 0 atom stereocenters. The second kappa shape index (κ2) is 8.10. The van der Waals surface area contributed by atoms with E-state index < -0.39 is 57.5 Å². The first-order valence-electron chi connectivity index (χ1n) is 7.39. The molecule has 1 aromatic rings. The molecule has 28 heavy (non-hydrogen) atoms. The zero-order chi connectivity index (χ0) is 21.0. The van der Waals surface area contributed by atoms with Crippen LogP contribution in [-0.2, 0) is 19.1 Å². The highest BCUT2D eigenvalue weighted by Gasteiger charge is 2.34. The predicted molar refractivity (Wildman–Crippen MR) is 87.6 cm³/mol. The lowest BCUT2D eigenvalue weighted by atomic mass is 10.0. The van der Waals surface area contributed by atoms with E-state index in [4.69, 9.17) is 5.26 Å². The summed E-state index contributed by atoms with van der Waals surface area (Å²) < 4.78 is 52.2. The van der Waals surface area contributed by atoms with Crippen molar-refractivity contribution in [1.82, 2.24) is 0 Å². The summed E-state index contributed by atoms with van der Waals surface area (Å²) in [5.41, 5.74) is -4.41. The Hall–Kier alpha value is -4.05. The number of hydrogen-bond acceptors (Lipinski definition) is 7. The molecule has 0 fully saturated rings. The lowest BCUT2D eigenvalue weighted by Crippen LogP contribution is -2.29. The van der Waals surface area contributed by atoms with Crippen LogP contribution in [0.4, 0.5) is 18.9 Å². The number of halogens is 3. The van der Waals surface area contributed by atoms with Crippen LogP contribution in [0.2, 0.25) is 0 Å². The number of ether oxygens (including phenoxy) is 2. The van der Waals surface area contributed by atoms with Crippen LogP contribution in [0.5, 0.6) is 0 Å². The van der Waals surface area contributed by atoms with Crippen molar-refractivity contribution in [1.29, 1.82) is 10.5 Å². The number of carbonyl (C=O) groups excluding carboxylic acids is 2. The summed E-state index contributed by atoms with van der Waals surface area (Å²) in [4.78, 5) is 25.0. The fourth-order valence-electron chi connectivity index (χ4n) is 2.41. The van der Waals surface area contributed by atoms with E-state index in [0.29, 0.717) is 4.90 Å². The maximum atomic E-state index is 14.9. The van der Waals surface area contributed by atoms with Crippen molar-refractivity contribution in [2.24, 2.45) is 0 Å². The molecule has 0 saturated carbocycles. The minimum absolute atomic E-state index is 0.411. The van der Waals surface area contributed by atoms with Crippen molar-refractivity contribution < 1.29 is 32.2 Å². The van der Waals surface area contributed by atoms with Crippen molar-refractivity contribution in [3.8, 4) is 12.1 Å². The summed E-state index contributed by atoms with van der Waals surface area (Å²) in [7, 11) is 1.99. The topological polar surface area (TPSA) is 103 Å². The van der Waals surface area contributed by atoms with Gasteiger partial charge in [-0.05, 0) is 12.2 Å². The fraction of sp³-hybridized carbons (Fsp3) is 0.111. The predicted octanol–water partition coefficient (Wildman–Crippen LogP) is 2.34. The molecule has 0 saturated heterocycles. The van der Waals surface area contributed by atoms with Gasteiger partial charge in [0, 0.05) is 6.20 Å².